The molecule has 0 bridgehead atoms. The van der Waals surface area contributed by atoms with Gasteiger partial charge in [0, 0.05) is 41.0 Å². The Balaban J connectivity index is -0.000000106. The van der Waals surface area contributed by atoms with Gasteiger partial charge in [-0.2, -0.15) is 0 Å². The Morgan fingerprint density at radius 2 is 1.03 bits per heavy atom. The second-order valence-electron chi connectivity index (χ2n) is 5.28. The van der Waals surface area contributed by atoms with E-state index in [1.807, 2.05) is 0 Å². The molecule has 0 amide bonds. The minimum atomic E-state index is -1.70. The number of aliphatic hydroxyl groups excluding tert-OH is 3. The van der Waals surface area contributed by atoms with Crippen LogP contribution in [-0.4, -0.2) is 102 Å². The average molecular weight is 448 g/mol. The summed E-state index contributed by atoms with van der Waals surface area (Å²) in [4.78, 5) is 46.4. The molecule has 14 heteroatoms. The Bertz CT molecular complexity index is 426. The quantitative estimate of drug-likeness (QED) is 0.212. The van der Waals surface area contributed by atoms with Gasteiger partial charge in [0.05, 0.1) is 19.3 Å². The van der Waals surface area contributed by atoms with Gasteiger partial charge < -0.3 is 45.6 Å². The van der Waals surface area contributed by atoms with Gasteiger partial charge in [-0.1, -0.05) is 0 Å². The number of ether oxygens (including phenoxy) is 1. The number of carboxylic acid groups (broad SMARTS) is 4. The fraction of sp³-hybridized carbons (Fsp3) is 0.688. The normalized spacial score (nSPS) is 11.4. The van der Waals surface area contributed by atoms with Gasteiger partial charge in [-0.05, 0) is 0 Å². The summed E-state index contributed by atoms with van der Waals surface area (Å²) in [6.45, 7) is 3.91. The fourth-order valence-corrected chi connectivity index (χ4v) is 0.908. The largest absolute Gasteiger partial charge is 0.481 e. The first kappa shape index (κ1) is 37.9. The van der Waals surface area contributed by atoms with Gasteiger partial charge >= 0.3 is 5.97 Å². The van der Waals surface area contributed by atoms with Gasteiger partial charge in [0.25, 0.3) is 23.9 Å². The Morgan fingerprint density at radius 3 is 1.20 bits per heavy atom. The van der Waals surface area contributed by atoms with Crippen LogP contribution in [0.5, 0.6) is 0 Å². The second kappa shape index (κ2) is 24.2. The van der Waals surface area contributed by atoms with Crippen LogP contribution < -0.4 is 0 Å². The van der Waals surface area contributed by atoms with E-state index < -0.39 is 61.4 Å². The molecule has 0 aliphatic heterocycles. The third-order valence-electron chi connectivity index (χ3n) is 1.66. The summed E-state index contributed by atoms with van der Waals surface area (Å²) >= 11 is 0. The van der Waals surface area contributed by atoms with Crippen molar-refractivity contribution in [2.75, 3.05) is 19.8 Å². The van der Waals surface area contributed by atoms with Gasteiger partial charge in [-0.25, -0.2) is 0 Å². The van der Waals surface area contributed by atoms with Gasteiger partial charge in [-0.15, -0.1) is 0 Å². The molecular formula is C16H32O14. The minimum Gasteiger partial charge on any atom is -0.481 e. The van der Waals surface area contributed by atoms with Crippen molar-refractivity contribution in [3.63, 3.8) is 0 Å². The highest BCUT2D eigenvalue weighted by Gasteiger charge is 2.30. The Hall–Kier alpha value is -2.81. The van der Waals surface area contributed by atoms with Gasteiger partial charge in [-0.3, -0.25) is 24.0 Å². The van der Waals surface area contributed by atoms with E-state index in [1.54, 1.807) is 0 Å². The van der Waals surface area contributed by atoms with Crippen molar-refractivity contribution in [2.24, 2.45) is 0 Å². The first-order valence-corrected chi connectivity index (χ1v) is 7.90. The number of carbonyl (C=O) groups is 5. The summed E-state index contributed by atoms with van der Waals surface area (Å²) in [6.07, 6.45) is -1.41. The molecule has 2 atom stereocenters. The Labute approximate surface area is 173 Å². The van der Waals surface area contributed by atoms with Crippen LogP contribution in [0.25, 0.3) is 0 Å². The number of rotatable bonds is 6. The number of carboxylic acids is 4. The molecule has 0 saturated carbocycles. The summed E-state index contributed by atoms with van der Waals surface area (Å²) in [5.41, 5.74) is -1.70. The lowest BCUT2D eigenvalue weighted by Crippen LogP contribution is -2.43. The summed E-state index contributed by atoms with van der Waals surface area (Å²) in [7, 11) is 0. The molecule has 0 fully saturated rings. The van der Waals surface area contributed by atoms with Crippen molar-refractivity contribution in [2.45, 2.75) is 52.7 Å². The first-order valence-electron chi connectivity index (χ1n) is 7.90. The Kier molecular flexibility index (Phi) is 30.6. The topological polar surface area (TPSA) is 256 Å². The number of esters is 1. The molecule has 0 aliphatic rings. The molecule has 0 rings (SSSR count). The van der Waals surface area contributed by atoms with Gasteiger partial charge in [0.15, 0.2) is 0 Å². The number of aliphatic carboxylic acids is 4. The lowest BCUT2D eigenvalue weighted by molar-refractivity contribution is -0.155. The zero-order valence-electron chi connectivity index (χ0n) is 17.4. The predicted molar refractivity (Wildman–Crippen MR) is 99.6 cm³/mol. The van der Waals surface area contributed by atoms with Crippen molar-refractivity contribution in [1.29, 1.82) is 0 Å². The molecule has 0 heterocycles. The van der Waals surface area contributed by atoms with E-state index >= 15 is 0 Å². The number of hydrogen-bond donors (Lipinski definition) is 8. The monoisotopic (exact) mass is 448 g/mol. The molecule has 0 spiro atoms. The smallest absolute Gasteiger partial charge is 0.302 e. The predicted octanol–water partition coefficient (Wildman–Crippen LogP) is -1.62. The molecule has 0 aromatic heterocycles. The number of carbonyl (C=O) groups excluding carboxylic acids is 1. The molecule has 8 N–H and O–H groups in total. The maximum absolute atomic E-state index is 10.4. The van der Waals surface area contributed by atoms with Crippen LogP contribution in [0.15, 0.2) is 0 Å². The van der Waals surface area contributed by atoms with E-state index in [9.17, 15) is 9.90 Å². The van der Waals surface area contributed by atoms with E-state index in [1.165, 1.54) is 6.92 Å². The van der Waals surface area contributed by atoms with Gasteiger partial charge in [0.2, 0.25) is 0 Å². The SMILES string of the molecule is CC(=O)O.CC(=O)O.CC(=O)O.CC(=O)O.CC(=O)OCC(O)(CO)CC(O)CO. The molecule has 0 aromatic carbocycles. The lowest BCUT2D eigenvalue weighted by Gasteiger charge is -2.26. The standard InChI is InChI=1S/C8H16O6.4C2H4O2/c1-6(11)14-5-8(13,4-10)2-7(12)3-9;4*1-2(3)4/h7,9-10,12-13H,2-5H2,1H3;4*1H3,(H,3,4). The molecule has 0 aliphatic carbocycles. The van der Waals surface area contributed by atoms with Crippen LogP contribution in [0, 0.1) is 0 Å². The van der Waals surface area contributed by atoms with E-state index in [0.717, 1.165) is 27.7 Å². The van der Waals surface area contributed by atoms with Crippen LogP contribution in [-0.2, 0) is 28.7 Å². The summed E-state index contributed by atoms with van der Waals surface area (Å²) in [6, 6.07) is 0. The molecule has 180 valence electrons. The highest BCUT2D eigenvalue weighted by molar-refractivity contribution is 5.66. The first-order chi connectivity index (χ1) is 13.4. The number of aliphatic hydroxyl groups is 4. The molecule has 0 radical (unpaired) electrons. The van der Waals surface area contributed by atoms with Crippen LogP contribution in [0.3, 0.4) is 0 Å². The van der Waals surface area contributed by atoms with Gasteiger partial charge in [0.1, 0.15) is 12.2 Å². The summed E-state index contributed by atoms with van der Waals surface area (Å²) < 4.78 is 4.50. The fourth-order valence-electron chi connectivity index (χ4n) is 0.908. The zero-order valence-corrected chi connectivity index (χ0v) is 17.4. The van der Waals surface area contributed by atoms with Crippen LogP contribution in [0.4, 0.5) is 0 Å². The minimum absolute atomic E-state index is 0.257. The summed E-state index contributed by atoms with van der Waals surface area (Å²) in [5.74, 6) is -3.92. The molecule has 0 saturated heterocycles. The molecule has 2 unspecified atom stereocenters. The maximum Gasteiger partial charge on any atom is 0.302 e. The van der Waals surface area contributed by atoms with E-state index in [-0.39, 0.29) is 6.42 Å². The third-order valence-corrected chi connectivity index (χ3v) is 1.66. The van der Waals surface area contributed by atoms with Crippen molar-refractivity contribution in [1.82, 2.24) is 0 Å². The highest BCUT2D eigenvalue weighted by atomic mass is 16.5. The molecule has 14 nitrogen and oxygen atoms in total. The lowest BCUT2D eigenvalue weighted by atomic mass is 9.98. The second-order valence-corrected chi connectivity index (χ2v) is 5.28. The van der Waals surface area contributed by atoms with Crippen LogP contribution >= 0.6 is 0 Å². The maximum atomic E-state index is 10.4. The van der Waals surface area contributed by atoms with Crippen molar-refractivity contribution in [3.8, 4) is 0 Å². The van der Waals surface area contributed by atoms with Crippen molar-refractivity contribution in [3.05, 3.63) is 0 Å². The molecule has 30 heavy (non-hydrogen) atoms. The zero-order chi connectivity index (χ0) is 25.5. The summed E-state index contributed by atoms with van der Waals surface area (Å²) in [5, 5.41) is 65.6. The third kappa shape index (κ3) is 84.7. The average Bonchev–Trinajstić information content (AvgIpc) is 2.50. The molecular weight excluding hydrogens is 416 g/mol. The Morgan fingerprint density at radius 1 is 0.767 bits per heavy atom. The molecule has 0 aromatic rings. The van der Waals surface area contributed by atoms with Crippen LogP contribution in [0.2, 0.25) is 0 Å². The van der Waals surface area contributed by atoms with Crippen molar-refractivity contribution >= 4 is 29.8 Å². The van der Waals surface area contributed by atoms with Crippen molar-refractivity contribution < 1.29 is 69.6 Å². The highest BCUT2D eigenvalue weighted by Crippen LogP contribution is 2.13. The number of hydrogen-bond acceptors (Lipinski definition) is 10. The van der Waals surface area contributed by atoms with E-state index in [4.69, 9.17) is 54.9 Å². The van der Waals surface area contributed by atoms with Crippen LogP contribution in [0.1, 0.15) is 41.0 Å². The van der Waals surface area contributed by atoms with E-state index in [0.29, 0.717) is 0 Å². The van der Waals surface area contributed by atoms with E-state index in [2.05, 4.69) is 4.74 Å².